The first-order chi connectivity index (χ1) is 9.52. The van der Waals surface area contributed by atoms with Gasteiger partial charge in [-0.3, -0.25) is 0 Å². The minimum absolute atomic E-state index is 0.0371. The van der Waals surface area contributed by atoms with Crippen LogP contribution < -0.4 is 5.32 Å². The lowest BCUT2D eigenvalue weighted by Gasteiger charge is -2.19. The molecule has 0 saturated heterocycles. The fourth-order valence-electron chi connectivity index (χ4n) is 2.49. The third-order valence-electron chi connectivity index (χ3n) is 3.75. The van der Waals surface area contributed by atoms with Crippen molar-refractivity contribution in [3.63, 3.8) is 0 Å². The minimum Gasteiger partial charge on any atom is -0.313 e. The number of hydrogen-bond acceptors (Lipinski definition) is 1. The van der Waals surface area contributed by atoms with E-state index in [9.17, 15) is 8.78 Å². The van der Waals surface area contributed by atoms with E-state index >= 15 is 0 Å². The lowest BCUT2D eigenvalue weighted by molar-refractivity contribution is 0.501. The lowest BCUT2D eigenvalue weighted by Crippen LogP contribution is -2.20. The van der Waals surface area contributed by atoms with Crippen LogP contribution in [0.4, 0.5) is 8.78 Å². The zero-order chi connectivity index (χ0) is 14.7. The van der Waals surface area contributed by atoms with Crippen molar-refractivity contribution in [1.82, 2.24) is 5.32 Å². The Morgan fingerprint density at radius 2 is 1.65 bits per heavy atom. The Morgan fingerprint density at radius 1 is 1.00 bits per heavy atom. The Kier molecular flexibility index (Phi) is 4.50. The fourth-order valence-corrected chi connectivity index (χ4v) is 2.49. The van der Waals surface area contributed by atoms with Gasteiger partial charge in [0, 0.05) is 6.04 Å². The molecule has 1 nitrogen and oxygen atoms in total. The quantitative estimate of drug-likeness (QED) is 0.886. The van der Waals surface area contributed by atoms with E-state index in [1.54, 1.807) is 6.07 Å². The van der Waals surface area contributed by atoms with Gasteiger partial charge in [-0.2, -0.15) is 0 Å². The van der Waals surface area contributed by atoms with Gasteiger partial charge in [0.15, 0.2) is 11.6 Å². The summed E-state index contributed by atoms with van der Waals surface area (Å²) < 4.78 is 26.4. The molecular formula is C17H19F2N. The number of rotatable bonds is 4. The molecule has 0 aromatic heterocycles. The van der Waals surface area contributed by atoms with Gasteiger partial charge in [-0.05, 0) is 61.7 Å². The molecule has 0 bridgehead atoms. The maximum absolute atomic E-state index is 13.4. The number of likely N-dealkylation sites (N-methyl/N-ethyl adjacent to an activating group) is 1. The van der Waals surface area contributed by atoms with Crippen molar-refractivity contribution in [2.75, 3.05) is 7.05 Å². The average Bonchev–Trinajstić information content (AvgIpc) is 2.42. The summed E-state index contributed by atoms with van der Waals surface area (Å²) in [4.78, 5) is 0. The third-order valence-corrected chi connectivity index (χ3v) is 3.75. The van der Waals surface area contributed by atoms with Gasteiger partial charge in [0.1, 0.15) is 0 Å². The van der Waals surface area contributed by atoms with Gasteiger partial charge in [0.25, 0.3) is 0 Å². The predicted molar refractivity (Wildman–Crippen MR) is 77.8 cm³/mol. The summed E-state index contributed by atoms with van der Waals surface area (Å²) in [5.41, 5.74) is 4.44. The molecule has 2 aromatic carbocycles. The Labute approximate surface area is 118 Å². The second-order valence-electron chi connectivity index (χ2n) is 5.09. The van der Waals surface area contributed by atoms with Gasteiger partial charge in [0.2, 0.25) is 0 Å². The Balaban J connectivity index is 2.31. The number of aryl methyl sites for hydroxylation is 2. The van der Waals surface area contributed by atoms with E-state index in [2.05, 4.69) is 31.3 Å². The molecule has 0 aliphatic heterocycles. The van der Waals surface area contributed by atoms with E-state index in [0.717, 1.165) is 12.0 Å². The Bertz CT molecular complexity index is 588. The topological polar surface area (TPSA) is 12.0 Å². The summed E-state index contributed by atoms with van der Waals surface area (Å²) in [5.74, 6) is -1.61. The summed E-state index contributed by atoms with van der Waals surface area (Å²) in [5, 5.41) is 3.18. The molecule has 0 heterocycles. The summed E-state index contributed by atoms with van der Waals surface area (Å²) in [6, 6.07) is 10.2. The Morgan fingerprint density at radius 3 is 2.20 bits per heavy atom. The van der Waals surface area contributed by atoms with Crippen LogP contribution >= 0.6 is 0 Å². The van der Waals surface area contributed by atoms with Crippen LogP contribution in [0, 0.1) is 25.5 Å². The number of benzene rings is 2. The fraction of sp³-hybridized carbons (Fsp3) is 0.294. The molecule has 0 aliphatic rings. The molecule has 0 spiro atoms. The van der Waals surface area contributed by atoms with Crippen molar-refractivity contribution in [3.8, 4) is 0 Å². The highest BCUT2D eigenvalue weighted by molar-refractivity contribution is 5.35. The highest BCUT2D eigenvalue weighted by Crippen LogP contribution is 2.24. The molecule has 1 unspecified atom stereocenters. The normalized spacial score (nSPS) is 12.4. The monoisotopic (exact) mass is 275 g/mol. The second kappa shape index (κ2) is 6.14. The molecule has 0 radical (unpaired) electrons. The highest BCUT2D eigenvalue weighted by atomic mass is 19.2. The van der Waals surface area contributed by atoms with Gasteiger partial charge >= 0.3 is 0 Å². The molecular weight excluding hydrogens is 256 g/mol. The van der Waals surface area contributed by atoms with Crippen LogP contribution in [0.3, 0.4) is 0 Å². The summed E-state index contributed by atoms with van der Waals surface area (Å²) in [6.07, 6.45) is 0.750. The molecule has 1 atom stereocenters. The summed E-state index contributed by atoms with van der Waals surface area (Å²) in [6.45, 7) is 4.14. The largest absolute Gasteiger partial charge is 0.313 e. The van der Waals surface area contributed by atoms with Crippen molar-refractivity contribution in [2.45, 2.75) is 26.3 Å². The van der Waals surface area contributed by atoms with Gasteiger partial charge in [-0.15, -0.1) is 0 Å². The molecule has 20 heavy (non-hydrogen) atoms. The maximum Gasteiger partial charge on any atom is 0.159 e. The van der Waals surface area contributed by atoms with Crippen LogP contribution in [0.15, 0.2) is 36.4 Å². The first-order valence-corrected chi connectivity index (χ1v) is 6.70. The van der Waals surface area contributed by atoms with Crippen LogP contribution in [0.5, 0.6) is 0 Å². The zero-order valence-electron chi connectivity index (χ0n) is 12.0. The summed E-state index contributed by atoms with van der Waals surface area (Å²) in [7, 11) is 1.83. The van der Waals surface area contributed by atoms with Crippen molar-refractivity contribution in [3.05, 3.63) is 70.3 Å². The van der Waals surface area contributed by atoms with Gasteiger partial charge < -0.3 is 5.32 Å². The van der Waals surface area contributed by atoms with Gasteiger partial charge in [0.05, 0.1) is 0 Å². The molecule has 106 valence electrons. The van der Waals surface area contributed by atoms with Crippen LogP contribution in [0.1, 0.15) is 28.3 Å². The number of halogens is 2. The van der Waals surface area contributed by atoms with E-state index < -0.39 is 11.6 Å². The number of hydrogen-bond donors (Lipinski definition) is 1. The molecule has 2 rings (SSSR count). The molecule has 0 amide bonds. The third kappa shape index (κ3) is 3.05. The predicted octanol–water partition coefficient (Wildman–Crippen LogP) is 4.08. The van der Waals surface area contributed by atoms with Crippen LogP contribution in [0.25, 0.3) is 0 Å². The molecule has 0 aliphatic carbocycles. The first-order valence-electron chi connectivity index (χ1n) is 6.70. The Hall–Kier alpha value is -1.74. The smallest absolute Gasteiger partial charge is 0.159 e. The standard InChI is InChI=1S/C17H19F2N/c1-11-5-4-6-12(2)14(11)10-17(20-3)13-7-8-15(18)16(19)9-13/h4-9,17,20H,10H2,1-3H3. The second-order valence-corrected chi connectivity index (χ2v) is 5.09. The van der Waals surface area contributed by atoms with E-state index in [0.29, 0.717) is 0 Å². The molecule has 0 fully saturated rings. The lowest BCUT2D eigenvalue weighted by atomic mass is 9.93. The van der Waals surface area contributed by atoms with Crippen LogP contribution in [-0.4, -0.2) is 7.05 Å². The number of nitrogens with one attached hydrogen (secondary N) is 1. The summed E-state index contributed by atoms with van der Waals surface area (Å²) >= 11 is 0. The van der Waals surface area contributed by atoms with Crippen LogP contribution in [0.2, 0.25) is 0 Å². The van der Waals surface area contributed by atoms with E-state index in [1.165, 1.54) is 28.8 Å². The first kappa shape index (κ1) is 14.7. The van der Waals surface area contributed by atoms with Crippen LogP contribution in [-0.2, 0) is 6.42 Å². The molecule has 3 heteroatoms. The van der Waals surface area contributed by atoms with Crippen molar-refractivity contribution in [1.29, 1.82) is 0 Å². The highest BCUT2D eigenvalue weighted by Gasteiger charge is 2.15. The van der Waals surface area contributed by atoms with E-state index in [1.807, 2.05) is 13.1 Å². The van der Waals surface area contributed by atoms with Gasteiger partial charge in [-0.1, -0.05) is 24.3 Å². The minimum atomic E-state index is -0.810. The zero-order valence-corrected chi connectivity index (χ0v) is 12.0. The van der Waals surface area contributed by atoms with Crippen molar-refractivity contribution < 1.29 is 8.78 Å². The SMILES string of the molecule is CNC(Cc1c(C)cccc1C)c1ccc(F)c(F)c1. The van der Waals surface area contributed by atoms with E-state index in [-0.39, 0.29) is 6.04 Å². The van der Waals surface area contributed by atoms with E-state index in [4.69, 9.17) is 0 Å². The van der Waals surface area contributed by atoms with Crippen molar-refractivity contribution in [2.24, 2.45) is 0 Å². The van der Waals surface area contributed by atoms with Crippen molar-refractivity contribution >= 4 is 0 Å². The molecule has 1 N–H and O–H groups in total. The maximum atomic E-state index is 13.4. The molecule has 0 saturated carbocycles. The van der Waals surface area contributed by atoms with Gasteiger partial charge in [-0.25, -0.2) is 8.78 Å². The molecule has 2 aromatic rings. The average molecular weight is 275 g/mol.